The van der Waals surface area contributed by atoms with Crippen LogP contribution in [0.4, 0.5) is 5.69 Å². The molecule has 0 heterocycles. The van der Waals surface area contributed by atoms with Crippen LogP contribution < -0.4 is 14.8 Å². The standard InChI is InChI=1S/C22H21NO3S/c1-25-18-12-17(13-19(14-18)26-2)23-22(24)20-10-6-7-11-21(20)27-15-16-8-4-3-5-9-16/h3-14H,15H2,1-2H3,(H,23,24). The molecule has 0 saturated heterocycles. The molecule has 0 aliphatic heterocycles. The van der Waals surface area contributed by atoms with Crippen molar-refractivity contribution in [3.8, 4) is 11.5 Å². The Morgan fingerprint density at radius 3 is 2.19 bits per heavy atom. The fourth-order valence-electron chi connectivity index (χ4n) is 2.59. The SMILES string of the molecule is COc1cc(NC(=O)c2ccccc2SCc2ccccc2)cc(OC)c1. The Morgan fingerprint density at radius 1 is 0.889 bits per heavy atom. The van der Waals surface area contributed by atoms with Gasteiger partial charge in [-0.2, -0.15) is 0 Å². The molecule has 0 aliphatic carbocycles. The highest BCUT2D eigenvalue weighted by Crippen LogP contribution is 2.29. The fraction of sp³-hybridized carbons (Fsp3) is 0.136. The van der Waals surface area contributed by atoms with Crippen LogP contribution in [0.5, 0.6) is 11.5 Å². The lowest BCUT2D eigenvalue weighted by Gasteiger charge is -2.12. The van der Waals surface area contributed by atoms with E-state index in [1.165, 1.54) is 5.56 Å². The molecule has 4 nitrogen and oxygen atoms in total. The van der Waals surface area contributed by atoms with Crippen molar-refractivity contribution in [1.29, 1.82) is 0 Å². The fourth-order valence-corrected chi connectivity index (χ4v) is 3.60. The lowest BCUT2D eigenvalue weighted by Crippen LogP contribution is -2.13. The number of carbonyl (C=O) groups is 1. The maximum atomic E-state index is 12.8. The summed E-state index contributed by atoms with van der Waals surface area (Å²) in [5.41, 5.74) is 2.48. The van der Waals surface area contributed by atoms with E-state index < -0.39 is 0 Å². The first-order chi connectivity index (χ1) is 13.2. The summed E-state index contributed by atoms with van der Waals surface area (Å²) in [6.45, 7) is 0. The van der Waals surface area contributed by atoms with E-state index in [9.17, 15) is 4.79 Å². The number of amides is 1. The quantitative estimate of drug-likeness (QED) is 0.570. The first kappa shape index (κ1) is 18.9. The van der Waals surface area contributed by atoms with E-state index in [-0.39, 0.29) is 5.91 Å². The molecule has 0 aromatic heterocycles. The van der Waals surface area contributed by atoms with E-state index in [1.807, 2.05) is 42.5 Å². The minimum Gasteiger partial charge on any atom is -0.497 e. The zero-order valence-electron chi connectivity index (χ0n) is 15.3. The van der Waals surface area contributed by atoms with Gasteiger partial charge in [0.25, 0.3) is 5.91 Å². The van der Waals surface area contributed by atoms with Crippen molar-refractivity contribution in [3.63, 3.8) is 0 Å². The summed E-state index contributed by atoms with van der Waals surface area (Å²) in [6.07, 6.45) is 0. The van der Waals surface area contributed by atoms with E-state index in [0.29, 0.717) is 22.7 Å². The van der Waals surface area contributed by atoms with Crippen molar-refractivity contribution in [1.82, 2.24) is 0 Å². The Bertz CT molecular complexity index is 890. The molecule has 1 N–H and O–H groups in total. The minimum absolute atomic E-state index is 0.165. The number of hydrogen-bond acceptors (Lipinski definition) is 4. The second-order valence-corrected chi connectivity index (χ2v) is 6.84. The Kier molecular flexibility index (Phi) is 6.39. The van der Waals surface area contributed by atoms with Crippen molar-refractivity contribution >= 4 is 23.4 Å². The molecule has 1 amide bonds. The molecule has 0 fully saturated rings. The van der Waals surface area contributed by atoms with Gasteiger partial charge in [0.1, 0.15) is 11.5 Å². The van der Waals surface area contributed by atoms with Crippen LogP contribution in [0.2, 0.25) is 0 Å². The second kappa shape index (κ2) is 9.14. The van der Waals surface area contributed by atoms with E-state index in [0.717, 1.165) is 10.6 Å². The van der Waals surface area contributed by atoms with Crippen molar-refractivity contribution in [2.75, 3.05) is 19.5 Å². The van der Waals surface area contributed by atoms with Gasteiger partial charge in [0.15, 0.2) is 0 Å². The summed E-state index contributed by atoms with van der Waals surface area (Å²) in [7, 11) is 3.16. The van der Waals surface area contributed by atoms with E-state index in [1.54, 1.807) is 44.2 Å². The summed E-state index contributed by atoms with van der Waals surface area (Å²) < 4.78 is 10.5. The molecule has 0 radical (unpaired) electrons. The minimum atomic E-state index is -0.165. The van der Waals surface area contributed by atoms with Crippen LogP contribution in [0.25, 0.3) is 0 Å². The first-order valence-electron chi connectivity index (χ1n) is 8.50. The maximum absolute atomic E-state index is 12.8. The smallest absolute Gasteiger partial charge is 0.256 e. The molecule has 3 aromatic carbocycles. The third kappa shape index (κ3) is 5.05. The second-order valence-electron chi connectivity index (χ2n) is 5.83. The number of methoxy groups -OCH3 is 2. The average molecular weight is 379 g/mol. The van der Waals surface area contributed by atoms with E-state index >= 15 is 0 Å². The molecule has 5 heteroatoms. The third-order valence-electron chi connectivity index (χ3n) is 3.98. The van der Waals surface area contributed by atoms with Crippen LogP contribution in [0, 0.1) is 0 Å². The van der Waals surface area contributed by atoms with Crippen molar-refractivity contribution in [2.24, 2.45) is 0 Å². The maximum Gasteiger partial charge on any atom is 0.256 e. The molecule has 3 aromatic rings. The number of nitrogens with one attached hydrogen (secondary N) is 1. The van der Waals surface area contributed by atoms with Gasteiger partial charge >= 0.3 is 0 Å². The van der Waals surface area contributed by atoms with E-state index in [2.05, 4.69) is 17.4 Å². The van der Waals surface area contributed by atoms with Gasteiger partial charge in [-0.3, -0.25) is 4.79 Å². The number of ether oxygens (including phenoxy) is 2. The molecule has 0 bridgehead atoms. The molecule has 0 atom stereocenters. The predicted octanol–water partition coefficient (Wildman–Crippen LogP) is 5.25. The lowest BCUT2D eigenvalue weighted by atomic mass is 10.2. The molecule has 3 rings (SSSR count). The van der Waals surface area contributed by atoms with Gasteiger partial charge in [-0.15, -0.1) is 11.8 Å². The Hall–Kier alpha value is -2.92. The number of hydrogen-bond donors (Lipinski definition) is 1. The van der Waals surface area contributed by atoms with Crippen molar-refractivity contribution in [3.05, 3.63) is 83.9 Å². The van der Waals surface area contributed by atoms with Crippen LogP contribution >= 0.6 is 11.8 Å². The zero-order valence-corrected chi connectivity index (χ0v) is 16.1. The molecule has 0 spiro atoms. The number of benzene rings is 3. The number of carbonyl (C=O) groups excluding carboxylic acids is 1. The van der Waals surface area contributed by atoms with Crippen molar-refractivity contribution in [2.45, 2.75) is 10.6 Å². The highest BCUT2D eigenvalue weighted by Gasteiger charge is 2.13. The monoisotopic (exact) mass is 379 g/mol. The topological polar surface area (TPSA) is 47.6 Å². The summed E-state index contributed by atoms with van der Waals surface area (Å²) >= 11 is 1.64. The molecule has 0 saturated carbocycles. The van der Waals surface area contributed by atoms with Gasteiger partial charge in [0.05, 0.1) is 19.8 Å². The van der Waals surface area contributed by atoms with Crippen LogP contribution in [-0.2, 0) is 5.75 Å². The van der Waals surface area contributed by atoms with Crippen LogP contribution in [0.3, 0.4) is 0 Å². The first-order valence-corrected chi connectivity index (χ1v) is 9.48. The van der Waals surface area contributed by atoms with Crippen molar-refractivity contribution < 1.29 is 14.3 Å². The lowest BCUT2D eigenvalue weighted by molar-refractivity contribution is 0.102. The van der Waals surface area contributed by atoms with Gasteiger partial charge in [-0.25, -0.2) is 0 Å². The highest BCUT2D eigenvalue weighted by atomic mass is 32.2. The van der Waals surface area contributed by atoms with Gasteiger partial charge in [-0.05, 0) is 17.7 Å². The predicted molar refractivity (Wildman–Crippen MR) is 110 cm³/mol. The molecule has 138 valence electrons. The van der Waals surface area contributed by atoms with Crippen LogP contribution in [0.15, 0.2) is 77.7 Å². The summed E-state index contributed by atoms with van der Waals surface area (Å²) in [5.74, 6) is 1.88. The summed E-state index contributed by atoms with van der Waals surface area (Å²) in [4.78, 5) is 13.8. The van der Waals surface area contributed by atoms with Crippen LogP contribution in [-0.4, -0.2) is 20.1 Å². The zero-order chi connectivity index (χ0) is 19.1. The third-order valence-corrected chi connectivity index (χ3v) is 5.12. The molecular formula is C22H21NO3S. The Labute approximate surface area is 163 Å². The molecular weight excluding hydrogens is 358 g/mol. The Morgan fingerprint density at radius 2 is 1.52 bits per heavy atom. The van der Waals surface area contributed by atoms with Gasteiger partial charge in [0.2, 0.25) is 0 Å². The molecule has 27 heavy (non-hydrogen) atoms. The van der Waals surface area contributed by atoms with E-state index in [4.69, 9.17) is 9.47 Å². The summed E-state index contributed by atoms with van der Waals surface area (Å²) in [6, 6.07) is 23.1. The summed E-state index contributed by atoms with van der Waals surface area (Å²) in [5, 5.41) is 2.93. The number of anilines is 1. The molecule has 0 unspecified atom stereocenters. The molecule has 0 aliphatic rings. The average Bonchev–Trinajstić information content (AvgIpc) is 2.72. The number of thioether (sulfide) groups is 1. The number of rotatable bonds is 7. The highest BCUT2D eigenvalue weighted by molar-refractivity contribution is 7.98. The largest absolute Gasteiger partial charge is 0.497 e. The van der Waals surface area contributed by atoms with Gasteiger partial charge < -0.3 is 14.8 Å². The Balaban J connectivity index is 1.77. The van der Waals surface area contributed by atoms with Gasteiger partial charge in [-0.1, -0.05) is 42.5 Å². The normalized spacial score (nSPS) is 10.3. The van der Waals surface area contributed by atoms with Gasteiger partial charge in [0, 0.05) is 34.5 Å². The van der Waals surface area contributed by atoms with Crippen LogP contribution in [0.1, 0.15) is 15.9 Å².